The average molecular weight is 255 g/mol. The van der Waals surface area contributed by atoms with Crippen LogP contribution in [0.4, 0.5) is 0 Å². The number of hydrogen-bond acceptors (Lipinski definition) is 6. The highest BCUT2D eigenvalue weighted by Crippen LogP contribution is 2.34. The number of aliphatic carboxylic acids is 2. The zero-order valence-electron chi connectivity index (χ0n) is 9.56. The van der Waals surface area contributed by atoms with Crippen LogP contribution in [-0.2, 0) is 16.1 Å². The molecule has 1 saturated carbocycles. The third-order valence-corrected chi connectivity index (χ3v) is 2.54. The number of carboxylic acids is 2. The molecule has 2 N–H and O–H groups in total. The van der Waals surface area contributed by atoms with Crippen LogP contribution in [0, 0.1) is 0 Å². The number of carbonyl (C=O) groups is 2. The van der Waals surface area contributed by atoms with Crippen LogP contribution in [0.3, 0.4) is 0 Å². The minimum absolute atomic E-state index is 0.113. The van der Waals surface area contributed by atoms with Gasteiger partial charge in [0.15, 0.2) is 5.82 Å². The molecule has 1 fully saturated rings. The van der Waals surface area contributed by atoms with Crippen molar-refractivity contribution in [2.75, 3.05) is 13.1 Å². The van der Waals surface area contributed by atoms with Crippen LogP contribution in [0.5, 0.6) is 0 Å². The van der Waals surface area contributed by atoms with Crippen molar-refractivity contribution in [1.82, 2.24) is 25.1 Å². The van der Waals surface area contributed by atoms with Gasteiger partial charge in [-0.2, -0.15) is 0 Å². The minimum Gasteiger partial charge on any atom is -0.480 e. The first-order valence-electron chi connectivity index (χ1n) is 5.49. The van der Waals surface area contributed by atoms with Gasteiger partial charge in [0.05, 0.1) is 25.7 Å². The second-order valence-corrected chi connectivity index (χ2v) is 4.20. The Morgan fingerprint density at radius 2 is 1.89 bits per heavy atom. The van der Waals surface area contributed by atoms with Crippen LogP contribution in [0.15, 0.2) is 0 Å². The quantitative estimate of drug-likeness (QED) is 0.634. The van der Waals surface area contributed by atoms with Crippen molar-refractivity contribution in [1.29, 1.82) is 0 Å². The van der Waals surface area contributed by atoms with Crippen molar-refractivity contribution in [2.45, 2.75) is 25.4 Å². The molecule has 98 valence electrons. The van der Waals surface area contributed by atoms with E-state index in [1.165, 1.54) is 4.90 Å². The van der Waals surface area contributed by atoms with Gasteiger partial charge in [-0.05, 0) is 23.3 Å². The lowest BCUT2D eigenvalue weighted by Gasteiger charge is -2.16. The van der Waals surface area contributed by atoms with Gasteiger partial charge in [0.25, 0.3) is 0 Å². The predicted molar refractivity (Wildman–Crippen MR) is 56.6 cm³/mol. The molecule has 9 heteroatoms. The van der Waals surface area contributed by atoms with E-state index in [1.54, 1.807) is 4.68 Å². The monoisotopic (exact) mass is 255 g/mol. The van der Waals surface area contributed by atoms with Crippen molar-refractivity contribution in [3.8, 4) is 0 Å². The Labute approximate surface area is 102 Å². The number of tetrazole rings is 1. The fourth-order valence-corrected chi connectivity index (χ4v) is 1.67. The summed E-state index contributed by atoms with van der Waals surface area (Å²) in [5, 5.41) is 28.6. The molecule has 0 atom stereocenters. The lowest BCUT2D eigenvalue weighted by atomic mass is 10.4. The number of carboxylic acid groups (broad SMARTS) is 2. The number of hydrogen-bond donors (Lipinski definition) is 2. The van der Waals surface area contributed by atoms with E-state index in [9.17, 15) is 9.59 Å². The first-order chi connectivity index (χ1) is 8.56. The number of rotatable bonds is 7. The summed E-state index contributed by atoms with van der Waals surface area (Å²) in [4.78, 5) is 22.6. The van der Waals surface area contributed by atoms with Crippen LogP contribution in [0.2, 0.25) is 0 Å². The van der Waals surface area contributed by atoms with Gasteiger partial charge in [-0.15, -0.1) is 5.10 Å². The van der Waals surface area contributed by atoms with Gasteiger partial charge in [-0.1, -0.05) is 0 Å². The Balaban J connectivity index is 2.04. The van der Waals surface area contributed by atoms with Crippen LogP contribution in [-0.4, -0.2) is 60.3 Å². The van der Waals surface area contributed by atoms with Gasteiger partial charge in [-0.25, -0.2) is 4.68 Å². The van der Waals surface area contributed by atoms with Crippen molar-refractivity contribution >= 4 is 11.9 Å². The lowest BCUT2D eigenvalue weighted by Crippen LogP contribution is -2.34. The molecule has 0 bridgehead atoms. The SMILES string of the molecule is O=C(O)CN(CC(=O)O)Cc1nnnn1C1CC1. The zero-order chi connectivity index (χ0) is 13.1. The van der Waals surface area contributed by atoms with Gasteiger partial charge in [0.2, 0.25) is 0 Å². The van der Waals surface area contributed by atoms with E-state index in [2.05, 4.69) is 15.5 Å². The van der Waals surface area contributed by atoms with Crippen molar-refractivity contribution in [3.63, 3.8) is 0 Å². The van der Waals surface area contributed by atoms with Crippen molar-refractivity contribution in [3.05, 3.63) is 5.82 Å². The Bertz CT molecular complexity index is 440. The molecule has 0 aromatic carbocycles. The van der Waals surface area contributed by atoms with E-state index < -0.39 is 11.9 Å². The second kappa shape index (κ2) is 5.08. The molecule has 0 saturated heterocycles. The average Bonchev–Trinajstić information content (AvgIpc) is 2.98. The molecular formula is C9H13N5O4. The molecule has 1 heterocycles. The summed E-state index contributed by atoms with van der Waals surface area (Å²) in [6.07, 6.45) is 1.99. The topological polar surface area (TPSA) is 121 Å². The number of nitrogens with zero attached hydrogens (tertiary/aromatic N) is 5. The van der Waals surface area contributed by atoms with Crippen LogP contribution >= 0.6 is 0 Å². The molecule has 0 amide bonds. The molecule has 1 aliphatic carbocycles. The summed E-state index contributed by atoms with van der Waals surface area (Å²) in [5.41, 5.74) is 0. The normalized spacial score (nSPS) is 14.9. The Hall–Kier alpha value is -2.03. The minimum atomic E-state index is -1.08. The molecular weight excluding hydrogens is 242 g/mol. The predicted octanol–water partition coefficient (Wildman–Crippen LogP) is -1.02. The van der Waals surface area contributed by atoms with Gasteiger partial charge in [0, 0.05) is 0 Å². The van der Waals surface area contributed by atoms with E-state index in [0.29, 0.717) is 5.82 Å². The maximum Gasteiger partial charge on any atom is 0.317 e. The van der Waals surface area contributed by atoms with Crippen LogP contribution in [0.1, 0.15) is 24.7 Å². The third kappa shape index (κ3) is 3.23. The maximum absolute atomic E-state index is 10.7. The van der Waals surface area contributed by atoms with E-state index in [-0.39, 0.29) is 25.7 Å². The summed E-state index contributed by atoms with van der Waals surface area (Å²) in [6.45, 7) is -0.601. The summed E-state index contributed by atoms with van der Waals surface area (Å²) in [6, 6.07) is 0.270. The highest BCUT2D eigenvalue weighted by molar-refractivity contribution is 5.72. The van der Waals surface area contributed by atoms with Crippen molar-refractivity contribution < 1.29 is 19.8 Å². The standard InChI is InChI=1S/C9H13N5O4/c15-8(16)4-13(5-9(17)18)3-7-10-11-12-14(7)6-1-2-6/h6H,1-5H2,(H,15,16)(H,17,18). The first-order valence-corrected chi connectivity index (χ1v) is 5.49. The molecule has 1 aliphatic rings. The Morgan fingerprint density at radius 1 is 1.28 bits per heavy atom. The maximum atomic E-state index is 10.7. The van der Waals surface area contributed by atoms with Crippen LogP contribution < -0.4 is 0 Å². The second-order valence-electron chi connectivity index (χ2n) is 4.20. The molecule has 1 aromatic rings. The fourth-order valence-electron chi connectivity index (χ4n) is 1.67. The molecule has 0 aliphatic heterocycles. The van der Waals surface area contributed by atoms with E-state index in [4.69, 9.17) is 10.2 Å². The highest BCUT2D eigenvalue weighted by atomic mass is 16.4. The van der Waals surface area contributed by atoms with E-state index in [1.807, 2.05) is 0 Å². The molecule has 0 spiro atoms. The molecule has 2 rings (SSSR count). The zero-order valence-corrected chi connectivity index (χ0v) is 9.56. The lowest BCUT2D eigenvalue weighted by molar-refractivity contribution is -0.142. The summed E-state index contributed by atoms with van der Waals surface area (Å²) in [7, 11) is 0. The molecule has 1 aromatic heterocycles. The summed E-state index contributed by atoms with van der Waals surface area (Å²) < 4.78 is 1.64. The van der Waals surface area contributed by atoms with Gasteiger partial charge < -0.3 is 10.2 Å². The van der Waals surface area contributed by atoms with Gasteiger partial charge in [-0.3, -0.25) is 14.5 Å². The van der Waals surface area contributed by atoms with E-state index >= 15 is 0 Å². The molecule has 0 radical (unpaired) electrons. The summed E-state index contributed by atoms with van der Waals surface area (Å²) >= 11 is 0. The van der Waals surface area contributed by atoms with E-state index in [0.717, 1.165) is 12.8 Å². The fraction of sp³-hybridized carbons (Fsp3) is 0.667. The summed E-state index contributed by atoms with van der Waals surface area (Å²) in [5.74, 6) is -1.66. The first kappa shape index (κ1) is 12.4. The molecule has 0 unspecified atom stereocenters. The smallest absolute Gasteiger partial charge is 0.317 e. The molecule has 9 nitrogen and oxygen atoms in total. The third-order valence-electron chi connectivity index (χ3n) is 2.54. The molecule has 18 heavy (non-hydrogen) atoms. The highest BCUT2D eigenvalue weighted by Gasteiger charge is 2.28. The Kier molecular flexibility index (Phi) is 3.51. The van der Waals surface area contributed by atoms with Crippen molar-refractivity contribution in [2.24, 2.45) is 0 Å². The van der Waals surface area contributed by atoms with Gasteiger partial charge in [0.1, 0.15) is 0 Å². The number of aromatic nitrogens is 4. The van der Waals surface area contributed by atoms with Gasteiger partial charge >= 0.3 is 11.9 Å². The largest absolute Gasteiger partial charge is 0.480 e. The van der Waals surface area contributed by atoms with Crippen LogP contribution in [0.25, 0.3) is 0 Å². The Morgan fingerprint density at radius 3 is 2.39 bits per heavy atom.